The minimum Gasteiger partial charge on any atom is -0.391 e. The number of carbonyl (C=O) groups excluding carboxylic acids is 4. The lowest BCUT2D eigenvalue weighted by molar-refractivity contribution is -0.145. The second kappa shape index (κ2) is 12.1. The summed E-state index contributed by atoms with van der Waals surface area (Å²) in [5.41, 5.74) is 1.01. The van der Waals surface area contributed by atoms with Crippen LogP contribution in [0.2, 0.25) is 0 Å². The third-order valence-corrected chi connectivity index (χ3v) is 9.19. The van der Waals surface area contributed by atoms with E-state index in [1.807, 2.05) is 52.0 Å². The van der Waals surface area contributed by atoms with Crippen molar-refractivity contribution in [1.29, 1.82) is 0 Å². The molecular formula is C32H43FN4O5S. The number of rotatable bonds is 9. The Morgan fingerprint density at radius 2 is 1.72 bits per heavy atom. The topological polar surface area (TPSA) is 129 Å². The Morgan fingerprint density at radius 3 is 2.23 bits per heavy atom. The number of aliphatic hydroxyl groups is 1. The summed E-state index contributed by atoms with van der Waals surface area (Å²) in [4.78, 5) is 59.9. The van der Waals surface area contributed by atoms with Gasteiger partial charge in [0.1, 0.15) is 17.9 Å². The van der Waals surface area contributed by atoms with Crippen LogP contribution in [0.1, 0.15) is 84.5 Å². The zero-order valence-corrected chi connectivity index (χ0v) is 26.8. The first-order valence-corrected chi connectivity index (χ1v) is 15.6. The summed E-state index contributed by atoms with van der Waals surface area (Å²) in [5.74, 6) is -1.95. The Balaban J connectivity index is 1.58. The molecule has 0 unspecified atom stereocenters. The summed E-state index contributed by atoms with van der Waals surface area (Å²) in [6.45, 7) is 12.5. The van der Waals surface area contributed by atoms with Gasteiger partial charge in [-0.3, -0.25) is 19.2 Å². The fraction of sp³-hybridized carbons (Fsp3) is 0.594. The van der Waals surface area contributed by atoms with E-state index < -0.39 is 58.4 Å². The molecule has 0 spiro atoms. The van der Waals surface area contributed by atoms with Gasteiger partial charge in [-0.1, -0.05) is 65.8 Å². The van der Waals surface area contributed by atoms with E-state index in [9.17, 15) is 28.7 Å². The smallest absolute Gasteiger partial charge is 0.258 e. The first-order valence-electron chi connectivity index (χ1n) is 14.7. The largest absolute Gasteiger partial charge is 0.391 e. The van der Waals surface area contributed by atoms with Gasteiger partial charge in [0.25, 0.3) is 5.91 Å². The number of hydrogen-bond acceptors (Lipinski definition) is 7. The monoisotopic (exact) mass is 614 g/mol. The number of nitrogens with zero attached hydrogens (tertiary/aromatic N) is 2. The van der Waals surface area contributed by atoms with Gasteiger partial charge < -0.3 is 20.6 Å². The van der Waals surface area contributed by atoms with Gasteiger partial charge in [-0.05, 0) is 36.3 Å². The Hall–Kier alpha value is -3.18. The molecule has 1 saturated carbocycles. The molecule has 11 heteroatoms. The first kappa shape index (κ1) is 32.7. The molecule has 2 fully saturated rings. The molecule has 1 aliphatic heterocycles. The molecule has 43 heavy (non-hydrogen) atoms. The number of hydrogen-bond donors (Lipinski definition) is 3. The van der Waals surface area contributed by atoms with Crippen molar-refractivity contribution in [2.45, 2.75) is 104 Å². The highest BCUT2D eigenvalue weighted by atomic mass is 32.1. The number of nitrogens with one attached hydrogen (secondary N) is 2. The molecule has 0 bridgehead atoms. The number of aliphatic hydroxyl groups excluding tert-OH is 1. The lowest BCUT2D eigenvalue weighted by Gasteiger charge is -2.36. The van der Waals surface area contributed by atoms with E-state index in [2.05, 4.69) is 15.6 Å². The number of alkyl halides is 1. The molecule has 4 rings (SSSR count). The van der Waals surface area contributed by atoms with E-state index in [1.165, 1.54) is 16.2 Å². The van der Waals surface area contributed by atoms with Crippen LogP contribution in [0.25, 0.3) is 10.4 Å². The average Bonchev–Trinajstić information content (AvgIpc) is 3.33. The lowest BCUT2D eigenvalue weighted by Crippen LogP contribution is -2.59. The number of likely N-dealkylation sites (tertiary alicyclic amines) is 1. The molecule has 234 valence electrons. The van der Waals surface area contributed by atoms with Crippen LogP contribution < -0.4 is 10.6 Å². The summed E-state index contributed by atoms with van der Waals surface area (Å²) < 4.78 is 14.5. The normalized spacial score (nSPS) is 21.2. The molecule has 9 nitrogen and oxygen atoms in total. The van der Waals surface area contributed by atoms with Crippen LogP contribution in [0.3, 0.4) is 0 Å². The van der Waals surface area contributed by atoms with Crippen LogP contribution >= 0.6 is 11.3 Å². The summed E-state index contributed by atoms with van der Waals surface area (Å²) in [5, 5.41) is 16.1. The Bertz CT molecular complexity index is 1370. The van der Waals surface area contributed by atoms with Crippen molar-refractivity contribution >= 4 is 34.8 Å². The predicted molar refractivity (Wildman–Crippen MR) is 163 cm³/mol. The fourth-order valence-electron chi connectivity index (χ4n) is 5.18. The maximum atomic E-state index is 14.5. The zero-order valence-electron chi connectivity index (χ0n) is 26.0. The zero-order chi connectivity index (χ0) is 31.9. The minimum atomic E-state index is -1.97. The molecule has 2 aromatic rings. The molecule has 1 saturated heterocycles. The number of benzene rings is 1. The average molecular weight is 615 g/mol. The van der Waals surface area contributed by atoms with Gasteiger partial charge in [-0.25, -0.2) is 9.37 Å². The van der Waals surface area contributed by atoms with E-state index in [4.69, 9.17) is 0 Å². The quantitative estimate of drug-likeness (QED) is 0.387. The number of amides is 3. The number of carbonyl (C=O) groups is 4. The van der Waals surface area contributed by atoms with Crippen molar-refractivity contribution in [3.05, 3.63) is 41.0 Å². The standard InChI is InChI=1S/C32H43FN4O5S/c1-18-25(43-17-34-18)20-10-8-19(9-11-20)22(15-24(39)30(2,3)4)35-27(40)23-14-21(38)16-37(23)28(41)26(31(5,6)7)36-29(42)32(33)12-13-32/h8-11,17,21-23,26,38H,12-16H2,1-7H3,(H,35,40)(H,36,42)/t21-,22+,23+,26-/m0/s1. The van der Waals surface area contributed by atoms with Crippen LogP contribution in [0, 0.1) is 17.8 Å². The van der Waals surface area contributed by atoms with Crippen molar-refractivity contribution in [2.75, 3.05) is 6.54 Å². The number of Topliss-reactive ketones (excluding diaryl/α,β-unsaturated/α-hetero) is 1. The van der Waals surface area contributed by atoms with Crippen LogP contribution in [0.5, 0.6) is 0 Å². The number of ketones is 1. The van der Waals surface area contributed by atoms with Gasteiger partial charge in [0, 0.05) is 24.8 Å². The van der Waals surface area contributed by atoms with E-state index in [0.717, 1.165) is 21.7 Å². The van der Waals surface area contributed by atoms with Gasteiger partial charge in [0.15, 0.2) is 5.67 Å². The molecule has 2 aliphatic rings. The molecule has 3 amide bonds. The molecular weight excluding hydrogens is 571 g/mol. The number of aromatic nitrogens is 1. The molecule has 3 N–H and O–H groups in total. The Morgan fingerprint density at radius 1 is 1.09 bits per heavy atom. The first-order chi connectivity index (χ1) is 19.9. The lowest BCUT2D eigenvalue weighted by atomic mass is 9.85. The fourth-order valence-corrected chi connectivity index (χ4v) is 5.99. The van der Waals surface area contributed by atoms with Crippen LogP contribution in [-0.2, 0) is 19.2 Å². The maximum absolute atomic E-state index is 14.5. The molecule has 1 aromatic carbocycles. The summed E-state index contributed by atoms with van der Waals surface area (Å²) in [6, 6.07) is 4.80. The summed E-state index contributed by atoms with van der Waals surface area (Å²) in [6.07, 6.45) is -0.702. The number of thiazole rings is 1. The molecule has 1 aliphatic carbocycles. The SMILES string of the molecule is Cc1ncsc1-c1ccc([C@@H](CC(=O)C(C)(C)C)NC(=O)[C@H]2C[C@H](O)CN2C(=O)[C@H](NC(=O)C2(F)CC2)C(C)(C)C)cc1. The number of aryl methyl sites for hydroxylation is 1. The number of halogens is 1. The van der Waals surface area contributed by atoms with Gasteiger partial charge in [0.2, 0.25) is 11.8 Å². The predicted octanol–water partition coefficient (Wildman–Crippen LogP) is 4.28. The highest BCUT2D eigenvalue weighted by Crippen LogP contribution is 2.40. The molecule has 0 radical (unpaired) electrons. The van der Waals surface area contributed by atoms with E-state index >= 15 is 0 Å². The van der Waals surface area contributed by atoms with E-state index in [0.29, 0.717) is 0 Å². The van der Waals surface area contributed by atoms with E-state index in [1.54, 1.807) is 26.3 Å². The molecule has 1 aromatic heterocycles. The third-order valence-electron chi connectivity index (χ3n) is 8.21. The van der Waals surface area contributed by atoms with Crippen molar-refractivity contribution in [1.82, 2.24) is 20.5 Å². The van der Waals surface area contributed by atoms with Gasteiger partial charge in [-0.15, -0.1) is 11.3 Å². The molecule has 2 heterocycles. The van der Waals surface area contributed by atoms with Gasteiger partial charge >= 0.3 is 0 Å². The van der Waals surface area contributed by atoms with Gasteiger partial charge in [0.05, 0.1) is 28.2 Å². The Kier molecular flexibility index (Phi) is 9.19. The minimum absolute atomic E-state index is 0.00103. The van der Waals surface area contributed by atoms with Crippen molar-refractivity contribution in [3.8, 4) is 10.4 Å². The summed E-state index contributed by atoms with van der Waals surface area (Å²) in [7, 11) is 0. The Labute approximate surface area is 256 Å². The van der Waals surface area contributed by atoms with E-state index in [-0.39, 0.29) is 38.0 Å². The maximum Gasteiger partial charge on any atom is 0.258 e. The van der Waals surface area contributed by atoms with Crippen LogP contribution in [0.4, 0.5) is 4.39 Å². The van der Waals surface area contributed by atoms with Crippen molar-refractivity contribution in [2.24, 2.45) is 10.8 Å². The second-order valence-corrected chi connectivity index (χ2v) is 14.8. The third kappa shape index (κ3) is 7.49. The van der Waals surface area contributed by atoms with Crippen molar-refractivity contribution in [3.63, 3.8) is 0 Å². The van der Waals surface area contributed by atoms with Crippen LogP contribution in [0.15, 0.2) is 29.8 Å². The number of β-amino-alcohol motifs (C(OH)–C–C–N with tert-alkyl or cyclic N) is 1. The van der Waals surface area contributed by atoms with Crippen molar-refractivity contribution < 1.29 is 28.7 Å². The molecule has 4 atom stereocenters. The second-order valence-electron chi connectivity index (χ2n) is 14.0. The highest BCUT2D eigenvalue weighted by molar-refractivity contribution is 7.13. The van der Waals surface area contributed by atoms with Crippen LogP contribution in [-0.4, -0.2) is 68.9 Å². The summed E-state index contributed by atoms with van der Waals surface area (Å²) >= 11 is 1.53. The van der Waals surface area contributed by atoms with Gasteiger partial charge in [-0.2, -0.15) is 0 Å². The highest BCUT2D eigenvalue weighted by Gasteiger charge is 2.53.